The van der Waals surface area contributed by atoms with Crippen molar-refractivity contribution in [1.82, 2.24) is 9.78 Å². The van der Waals surface area contributed by atoms with Gasteiger partial charge in [-0.25, -0.2) is 14.0 Å². The van der Waals surface area contributed by atoms with Crippen LogP contribution in [-0.2, 0) is 10.2 Å². The van der Waals surface area contributed by atoms with Gasteiger partial charge in [0.25, 0.3) is 5.91 Å². The SMILES string of the molecule is CC(C)Oc1cc(-n2nc(C(C)(C)C)oc2=O)c(Cl)cc1Cl.C[C@H](C(=O)O)N(C(=O)c1ccccc1)c1ccc(F)c(Cl)c1. The largest absolute Gasteiger partial charge is 0.489 e. The molecule has 44 heavy (non-hydrogen) atoms. The Labute approximate surface area is 268 Å². The van der Waals surface area contributed by atoms with Gasteiger partial charge in [0, 0.05) is 22.7 Å². The molecule has 4 aromatic rings. The van der Waals surface area contributed by atoms with Gasteiger partial charge in [-0.1, -0.05) is 73.8 Å². The van der Waals surface area contributed by atoms with Crippen molar-refractivity contribution in [2.24, 2.45) is 0 Å². The third-order valence-electron chi connectivity index (χ3n) is 5.95. The Hall–Kier alpha value is -3.86. The summed E-state index contributed by atoms with van der Waals surface area (Å²) in [7, 11) is 0. The molecule has 234 valence electrons. The summed E-state index contributed by atoms with van der Waals surface area (Å²) >= 11 is 18.0. The topological polar surface area (TPSA) is 115 Å². The summed E-state index contributed by atoms with van der Waals surface area (Å²) in [5, 5.41) is 13.9. The number of carboxylic acid groups (broad SMARTS) is 1. The van der Waals surface area contributed by atoms with Crippen molar-refractivity contribution in [3.05, 3.63) is 104 Å². The summed E-state index contributed by atoms with van der Waals surface area (Å²) in [6.07, 6.45) is -0.0642. The minimum Gasteiger partial charge on any atom is -0.489 e. The summed E-state index contributed by atoms with van der Waals surface area (Å²) < 4.78 is 25.2. The molecule has 9 nitrogen and oxygen atoms in total. The van der Waals surface area contributed by atoms with Crippen LogP contribution in [-0.4, -0.2) is 38.9 Å². The van der Waals surface area contributed by atoms with E-state index in [0.717, 1.165) is 15.6 Å². The molecule has 0 unspecified atom stereocenters. The highest BCUT2D eigenvalue weighted by molar-refractivity contribution is 6.36. The van der Waals surface area contributed by atoms with Gasteiger partial charge >= 0.3 is 11.7 Å². The number of ether oxygens (including phenoxy) is 1. The minimum absolute atomic E-state index is 0.0642. The van der Waals surface area contributed by atoms with Gasteiger partial charge in [0.1, 0.15) is 17.6 Å². The van der Waals surface area contributed by atoms with Crippen molar-refractivity contribution < 1.29 is 28.2 Å². The second-order valence-electron chi connectivity index (χ2n) is 10.9. The van der Waals surface area contributed by atoms with E-state index in [1.807, 2.05) is 34.6 Å². The fourth-order valence-electron chi connectivity index (χ4n) is 3.74. The Balaban J connectivity index is 0.000000240. The molecule has 0 radical (unpaired) electrons. The number of carboxylic acids is 1. The minimum atomic E-state index is -1.18. The second-order valence-corrected chi connectivity index (χ2v) is 12.1. The maximum Gasteiger partial charge on any atom is 0.442 e. The van der Waals surface area contributed by atoms with E-state index in [9.17, 15) is 23.9 Å². The molecule has 1 aromatic heterocycles. The zero-order valence-electron chi connectivity index (χ0n) is 24.8. The van der Waals surface area contributed by atoms with Crippen molar-refractivity contribution in [2.75, 3.05) is 4.90 Å². The van der Waals surface area contributed by atoms with E-state index in [0.29, 0.717) is 27.9 Å². The lowest BCUT2D eigenvalue weighted by Crippen LogP contribution is -2.43. The fourth-order valence-corrected chi connectivity index (χ4v) is 4.42. The van der Waals surface area contributed by atoms with Crippen LogP contribution in [0.4, 0.5) is 10.1 Å². The average molecular weight is 667 g/mol. The van der Waals surface area contributed by atoms with Gasteiger partial charge in [0.05, 0.1) is 26.9 Å². The van der Waals surface area contributed by atoms with E-state index >= 15 is 0 Å². The number of hydrogen-bond acceptors (Lipinski definition) is 6. The van der Waals surface area contributed by atoms with Crippen LogP contribution in [0.3, 0.4) is 0 Å². The van der Waals surface area contributed by atoms with Crippen molar-refractivity contribution in [3.63, 3.8) is 0 Å². The molecule has 4 rings (SSSR count). The zero-order valence-corrected chi connectivity index (χ0v) is 27.0. The lowest BCUT2D eigenvalue weighted by molar-refractivity contribution is -0.138. The van der Waals surface area contributed by atoms with Crippen LogP contribution >= 0.6 is 34.8 Å². The van der Waals surface area contributed by atoms with E-state index in [1.54, 1.807) is 36.4 Å². The predicted octanol–water partition coefficient (Wildman–Crippen LogP) is 7.82. The third-order valence-corrected chi connectivity index (χ3v) is 6.83. The number of carbonyl (C=O) groups is 2. The second kappa shape index (κ2) is 14.3. The van der Waals surface area contributed by atoms with E-state index in [4.69, 9.17) is 44.0 Å². The maximum atomic E-state index is 13.3. The van der Waals surface area contributed by atoms with Gasteiger partial charge < -0.3 is 14.3 Å². The number of benzene rings is 3. The third kappa shape index (κ3) is 8.40. The molecule has 1 N–H and O–H groups in total. The summed E-state index contributed by atoms with van der Waals surface area (Å²) in [5.41, 5.74) is 0.526. The molecule has 0 bridgehead atoms. The summed E-state index contributed by atoms with van der Waals surface area (Å²) in [4.78, 5) is 37.0. The van der Waals surface area contributed by atoms with Crippen molar-refractivity contribution >= 4 is 52.4 Å². The van der Waals surface area contributed by atoms with Crippen LogP contribution < -0.4 is 15.4 Å². The molecule has 13 heteroatoms. The van der Waals surface area contributed by atoms with Crippen LogP contribution in [0.1, 0.15) is 57.8 Å². The first kappa shape index (κ1) is 34.6. The molecular formula is C31H31Cl3FN3O6. The van der Waals surface area contributed by atoms with Crippen LogP contribution in [0, 0.1) is 5.82 Å². The molecule has 0 saturated heterocycles. The molecule has 0 fully saturated rings. The van der Waals surface area contributed by atoms with E-state index in [1.165, 1.54) is 25.1 Å². The lowest BCUT2D eigenvalue weighted by Gasteiger charge is -2.27. The van der Waals surface area contributed by atoms with Gasteiger partial charge in [-0.15, -0.1) is 5.10 Å². The molecule has 1 atom stereocenters. The van der Waals surface area contributed by atoms with Crippen LogP contribution in [0.15, 0.2) is 69.9 Å². The van der Waals surface area contributed by atoms with Crippen molar-refractivity contribution in [3.8, 4) is 11.4 Å². The number of carbonyl (C=O) groups excluding carboxylic acids is 1. The van der Waals surface area contributed by atoms with E-state index < -0.39 is 29.5 Å². The number of anilines is 1. The molecular weight excluding hydrogens is 636 g/mol. The number of amides is 1. The lowest BCUT2D eigenvalue weighted by atomic mass is 9.97. The number of nitrogens with zero attached hydrogens (tertiary/aromatic N) is 3. The number of hydrogen-bond donors (Lipinski definition) is 1. The van der Waals surface area contributed by atoms with Crippen molar-refractivity contribution in [2.45, 2.75) is 59.1 Å². The molecule has 0 aliphatic carbocycles. The first-order chi connectivity index (χ1) is 20.5. The van der Waals surface area contributed by atoms with E-state index in [2.05, 4.69) is 5.10 Å². The average Bonchev–Trinajstić information content (AvgIpc) is 3.34. The summed E-state index contributed by atoms with van der Waals surface area (Å²) in [5.74, 6) is -2.16. The monoisotopic (exact) mass is 665 g/mol. The number of aromatic nitrogens is 2. The highest BCUT2D eigenvalue weighted by Gasteiger charge is 2.28. The molecule has 0 aliphatic rings. The molecule has 1 heterocycles. The van der Waals surface area contributed by atoms with Gasteiger partial charge in [-0.3, -0.25) is 9.69 Å². The quantitative estimate of drug-likeness (QED) is 0.214. The highest BCUT2D eigenvalue weighted by atomic mass is 35.5. The normalized spacial score (nSPS) is 11.9. The molecule has 3 aromatic carbocycles. The summed E-state index contributed by atoms with van der Waals surface area (Å²) in [6, 6.07) is 13.9. The van der Waals surface area contributed by atoms with Gasteiger partial charge in [-0.2, -0.15) is 4.68 Å². The van der Waals surface area contributed by atoms with Gasteiger partial charge in [0.2, 0.25) is 5.89 Å². The maximum absolute atomic E-state index is 13.3. The predicted molar refractivity (Wildman–Crippen MR) is 168 cm³/mol. The fraction of sp³-hybridized carbons (Fsp3) is 0.290. The zero-order chi connectivity index (χ0) is 32.9. The summed E-state index contributed by atoms with van der Waals surface area (Å²) in [6.45, 7) is 10.8. The number of halogens is 4. The van der Waals surface area contributed by atoms with E-state index in [-0.39, 0.29) is 27.3 Å². The molecule has 1 amide bonds. The Morgan fingerprint density at radius 2 is 1.61 bits per heavy atom. The van der Waals surface area contributed by atoms with Gasteiger partial charge in [-0.05, 0) is 57.2 Å². The van der Waals surface area contributed by atoms with Crippen LogP contribution in [0.5, 0.6) is 5.75 Å². The first-order valence-corrected chi connectivity index (χ1v) is 14.5. The molecule has 0 saturated carbocycles. The number of rotatable bonds is 7. The van der Waals surface area contributed by atoms with Crippen LogP contribution in [0.25, 0.3) is 5.69 Å². The molecule has 0 aliphatic heterocycles. The Morgan fingerprint density at radius 1 is 0.977 bits per heavy atom. The van der Waals surface area contributed by atoms with Gasteiger partial charge in [0.15, 0.2) is 0 Å². The molecule has 0 spiro atoms. The van der Waals surface area contributed by atoms with Crippen LogP contribution in [0.2, 0.25) is 15.1 Å². The Kier molecular flexibility index (Phi) is 11.2. The van der Waals surface area contributed by atoms with Crippen molar-refractivity contribution in [1.29, 1.82) is 0 Å². The number of aliphatic carboxylic acids is 1. The smallest absolute Gasteiger partial charge is 0.442 e. The Bertz CT molecular complexity index is 1700. The standard InChI is InChI=1S/C16H13ClFNO3.C15H18Cl2N2O3/c1-10(16(21)22)19(12-7-8-14(18)13(17)9-12)15(20)11-5-3-2-4-6-11;1-8(2)21-12-7-11(9(16)6-10(12)17)19-14(20)22-13(18-19)15(3,4)5/h2-10H,1H3,(H,21,22);6-8H,1-5H3/t10-;/m1./s1. The first-order valence-electron chi connectivity index (χ1n) is 13.3. The highest BCUT2D eigenvalue weighted by Crippen LogP contribution is 2.33. The Morgan fingerprint density at radius 3 is 2.14 bits per heavy atom.